The maximum absolute atomic E-state index is 12.0. The van der Waals surface area contributed by atoms with E-state index in [4.69, 9.17) is 23.2 Å². The van der Waals surface area contributed by atoms with E-state index in [9.17, 15) is 4.79 Å². The summed E-state index contributed by atoms with van der Waals surface area (Å²) in [5.74, 6) is 0.407. The third-order valence-electron chi connectivity index (χ3n) is 2.95. The van der Waals surface area contributed by atoms with Gasteiger partial charge in [-0.25, -0.2) is 0 Å². The molecule has 0 spiro atoms. The Morgan fingerprint density at radius 3 is 2.82 bits per heavy atom. The predicted molar refractivity (Wildman–Crippen MR) is 91.9 cm³/mol. The molecule has 0 bridgehead atoms. The molecular formula is C15H17Cl2N3OS. The van der Waals surface area contributed by atoms with E-state index in [1.54, 1.807) is 6.07 Å². The summed E-state index contributed by atoms with van der Waals surface area (Å²) in [5.41, 5.74) is 0.863. The fraction of sp³-hybridized carbons (Fsp3) is 0.400. The number of halogens is 2. The molecule has 0 aliphatic carbocycles. The van der Waals surface area contributed by atoms with E-state index in [1.165, 1.54) is 11.3 Å². The van der Waals surface area contributed by atoms with Gasteiger partial charge >= 0.3 is 0 Å². The lowest BCUT2D eigenvalue weighted by atomic mass is 10.1. The van der Waals surface area contributed by atoms with Crippen molar-refractivity contribution in [2.24, 2.45) is 5.92 Å². The lowest BCUT2D eigenvalue weighted by Crippen LogP contribution is -2.12. The van der Waals surface area contributed by atoms with E-state index in [-0.39, 0.29) is 5.91 Å². The molecule has 1 N–H and O–H groups in total. The molecular weight excluding hydrogens is 341 g/mol. The number of nitrogens with one attached hydrogen (secondary N) is 1. The Morgan fingerprint density at radius 1 is 1.32 bits per heavy atom. The highest BCUT2D eigenvalue weighted by atomic mass is 35.5. The van der Waals surface area contributed by atoms with Crippen molar-refractivity contribution < 1.29 is 4.79 Å². The Kier molecular flexibility index (Phi) is 6.17. The van der Waals surface area contributed by atoms with E-state index in [0.717, 1.165) is 17.0 Å². The fourth-order valence-corrected chi connectivity index (χ4v) is 3.29. The van der Waals surface area contributed by atoms with E-state index >= 15 is 0 Å². The number of rotatable bonds is 6. The summed E-state index contributed by atoms with van der Waals surface area (Å²) in [6.45, 7) is 4.24. The minimum absolute atomic E-state index is 0.108. The van der Waals surface area contributed by atoms with Crippen LogP contribution in [0.3, 0.4) is 0 Å². The molecule has 0 aliphatic rings. The lowest BCUT2D eigenvalue weighted by Gasteiger charge is -2.05. The average Bonchev–Trinajstić information content (AvgIpc) is 2.86. The SMILES string of the molecule is CC(C)Cc1nnc(NC(=O)CCc2cccc(Cl)c2Cl)s1. The van der Waals surface area contributed by atoms with E-state index in [1.807, 2.05) is 12.1 Å². The topological polar surface area (TPSA) is 54.9 Å². The number of amides is 1. The first kappa shape index (κ1) is 17.2. The van der Waals surface area contributed by atoms with Crippen LogP contribution in [0.2, 0.25) is 10.0 Å². The first-order valence-corrected chi connectivity index (χ1v) is 8.58. The molecule has 1 heterocycles. The smallest absolute Gasteiger partial charge is 0.226 e. The van der Waals surface area contributed by atoms with Crippen molar-refractivity contribution >= 4 is 45.6 Å². The number of anilines is 1. The molecule has 1 aromatic carbocycles. The van der Waals surface area contributed by atoms with Crippen LogP contribution in [0.4, 0.5) is 5.13 Å². The molecule has 0 saturated heterocycles. The van der Waals surface area contributed by atoms with Crippen molar-refractivity contribution in [2.45, 2.75) is 33.1 Å². The zero-order chi connectivity index (χ0) is 16.1. The summed E-state index contributed by atoms with van der Waals surface area (Å²) in [5, 5.41) is 13.3. The minimum Gasteiger partial charge on any atom is -0.301 e. The van der Waals surface area contributed by atoms with Crippen molar-refractivity contribution in [2.75, 3.05) is 5.32 Å². The van der Waals surface area contributed by atoms with Crippen LogP contribution in [0.15, 0.2) is 18.2 Å². The highest BCUT2D eigenvalue weighted by Gasteiger charge is 2.11. The van der Waals surface area contributed by atoms with Gasteiger partial charge in [-0.05, 0) is 24.0 Å². The highest BCUT2D eigenvalue weighted by Crippen LogP contribution is 2.26. The van der Waals surface area contributed by atoms with Gasteiger partial charge in [-0.3, -0.25) is 4.79 Å². The number of aromatic nitrogens is 2. The summed E-state index contributed by atoms with van der Waals surface area (Å²) in [7, 11) is 0. The minimum atomic E-state index is -0.108. The molecule has 118 valence electrons. The molecule has 0 aliphatic heterocycles. The van der Waals surface area contributed by atoms with Gasteiger partial charge in [0.1, 0.15) is 5.01 Å². The van der Waals surface area contributed by atoms with Gasteiger partial charge in [-0.1, -0.05) is 60.5 Å². The summed E-state index contributed by atoms with van der Waals surface area (Å²) >= 11 is 13.5. The Balaban J connectivity index is 1.88. The standard InChI is InChI=1S/C15H17Cl2N3OS/c1-9(2)8-13-19-20-15(22-13)18-12(21)7-6-10-4-3-5-11(16)14(10)17/h3-5,9H,6-8H2,1-2H3,(H,18,20,21). The van der Waals surface area contributed by atoms with Gasteiger partial charge in [-0.15, -0.1) is 10.2 Å². The van der Waals surface area contributed by atoms with Gasteiger partial charge in [0, 0.05) is 12.8 Å². The molecule has 0 radical (unpaired) electrons. The number of aryl methyl sites for hydroxylation is 1. The van der Waals surface area contributed by atoms with Gasteiger partial charge in [0.05, 0.1) is 10.0 Å². The highest BCUT2D eigenvalue weighted by molar-refractivity contribution is 7.15. The van der Waals surface area contributed by atoms with Crippen molar-refractivity contribution in [3.05, 3.63) is 38.8 Å². The third kappa shape index (κ3) is 4.93. The molecule has 7 heteroatoms. The van der Waals surface area contributed by atoms with Gasteiger partial charge in [-0.2, -0.15) is 0 Å². The number of benzene rings is 1. The van der Waals surface area contributed by atoms with E-state index in [0.29, 0.717) is 33.9 Å². The van der Waals surface area contributed by atoms with E-state index < -0.39 is 0 Å². The van der Waals surface area contributed by atoms with Gasteiger partial charge < -0.3 is 5.32 Å². The second kappa shape index (κ2) is 7.90. The third-order valence-corrected chi connectivity index (χ3v) is 4.67. The summed E-state index contributed by atoms with van der Waals surface area (Å²) in [6.07, 6.45) is 1.72. The largest absolute Gasteiger partial charge is 0.301 e. The molecule has 1 aromatic heterocycles. The van der Waals surface area contributed by atoms with Crippen molar-refractivity contribution in [3.63, 3.8) is 0 Å². The van der Waals surface area contributed by atoms with Crippen molar-refractivity contribution in [3.8, 4) is 0 Å². The second-order valence-corrected chi connectivity index (χ2v) is 7.21. The zero-order valence-electron chi connectivity index (χ0n) is 12.4. The molecule has 0 atom stereocenters. The lowest BCUT2D eigenvalue weighted by molar-refractivity contribution is -0.116. The zero-order valence-corrected chi connectivity index (χ0v) is 14.7. The van der Waals surface area contributed by atoms with Crippen molar-refractivity contribution in [1.82, 2.24) is 10.2 Å². The van der Waals surface area contributed by atoms with Crippen LogP contribution < -0.4 is 5.32 Å². The first-order chi connectivity index (χ1) is 10.5. The van der Waals surface area contributed by atoms with Crippen LogP contribution in [-0.4, -0.2) is 16.1 Å². The summed E-state index contributed by atoms with van der Waals surface area (Å²) in [6, 6.07) is 5.42. The fourth-order valence-electron chi connectivity index (χ4n) is 1.91. The Bertz CT molecular complexity index is 658. The Morgan fingerprint density at radius 2 is 2.09 bits per heavy atom. The summed E-state index contributed by atoms with van der Waals surface area (Å²) < 4.78 is 0. The number of hydrogen-bond donors (Lipinski definition) is 1. The molecule has 2 rings (SSSR count). The monoisotopic (exact) mass is 357 g/mol. The van der Waals surface area contributed by atoms with Crippen LogP contribution >= 0.6 is 34.5 Å². The van der Waals surface area contributed by atoms with Gasteiger partial charge in [0.25, 0.3) is 0 Å². The number of hydrogen-bond acceptors (Lipinski definition) is 4. The van der Waals surface area contributed by atoms with Gasteiger partial charge in [0.15, 0.2) is 0 Å². The summed E-state index contributed by atoms with van der Waals surface area (Å²) in [4.78, 5) is 12.0. The van der Waals surface area contributed by atoms with Crippen LogP contribution in [0.1, 0.15) is 30.8 Å². The molecule has 22 heavy (non-hydrogen) atoms. The van der Waals surface area contributed by atoms with Crippen LogP contribution in [0, 0.1) is 5.92 Å². The quantitative estimate of drug-likeness (QED) is 0.820. The Labute approximate surface area is 143 Å². The Hall–Kier alpha value is -1.17. The molecule has 2 aromatic rings. The van der Waals surface area contributed by atoms with Gasteiger partial charge in [0.2, 0.25) is 11.0 Å². The first-order valence-electron chi connectivity index (χ1n) is 7.01. The maximum Gasteiger partial charge on any atom is 0.226 e. The molecule has 0 fully saturated rings. The van der Waals surface area contributed by atoms with Crippen molar-refractivity contribution in [1.29, 1.82) is 0 Å². The molecule has 0 unspecified atom stereocenters. The van der Waals surface area contributed by atoms with Crippen LogP contribution in [0.5, 0.6) is 0 Å². The van der Waals surface area contributed by atoms with E-state index in [2.05, 4.69) is 29.4 Å². The normalized spacial score (nSPS) is 11.0. The number of carbonyl (C=O) groups is 1. The maximum atomic E-state index is 12.0. The van der Waals surface area contributed by atoms with Crippen LogP contribution in [-0.2, 0) is 17.6 Å². The van der Waals surface area contributed by atoms with Crippen LogP contribution in [0.25, 0.3) is 0 Å². The number of carbonyl (C=O) groups excluding carboxylic acids is 1. The molecule has 4 nitrogen and oxygen atoms in total. The molecule has 0 saturated carbocycles. The molecule has 1 amide bonds. The second-order valence-electron chi connectivity index (χ2n) is 5.36. The average molecular weight is 358 g/mol. The predicted octanol–water partition coefficient (Wildman–Crippen LogP) is 4.61. The number of nitrogens with zero attached hydrogens (tertiary/aromatic N) is 2.